The minimum absolute atomic E-state index is 0.126. The summed E-state index contributed by atoms with van der Waals surface area (Å²) in [5.41, 5.74) is 0. The van der Waals surface area contributed by atoms with Crippen LogP contribution in [0.5, 0.6) is 0 Å². The van der Waals surface area contributed by atoms with E-state index in [0.29, 0.717) is 6.42 Å². The van der Waals surface area contributed by atoms with Crippen LogP contribution in [-0.4, -0.2) is 36.0 Å². The molecule has 0 unspecified atom stereocenters. The fourth-order valence-corrected chi connectivity index (χ4v) is 1.43. The minimum Gasteiger partial charge on any atom is -0.462 e. The van der Waals surface area contributed by atoms with Gasteiger partial charge in [-0.3, -0.25) is 4.79 Å². The van der Waals surface area contributed by atoms with Gasteiger partial charge in [-0.1, -0.05) is 12.2 Å². The van der Waals surface area contributed by atoms with Gasteiger partial charge in [0, 0.05) is 13.3 Å². The zero-order valence-corrected chi connectivity index (χ0v) is 8.76. The molecule has 0 aromatic heterocycles. The molecule has 3 atom stereocenters. The molecule has 1 N–H and O–H groups in total. The monoisotopic (exact) mass is 212 g/mol. The molecule has 4 nitrogen and oxygen atoms in total. The summed E-state index contributed by atoms with van der Waals surface area (Å²) in [5.74, 6) is -0.309. The Kier molecular flexibility index (Phi) is 4.52. The van der Waals surface area contributed by atoms with Crippen molar-refractivity contribution in [2.24, 2.45) is 0 Å². The van der Waals surface area contributed by atoms with Gasteiger partial charge < -0.3 is 14.6 Å². The lowest BCUT2D eigenvalue weighted by atomic mass is 10.1. The molecule has 0 bridgehead atoms. The molecule has 0 amide bonds. The van der Waals surface area contributed by atoms with E-state index in [4.69, 9.17) is 9.47 Å². The summed E-state index contributed by atoms with van der Waals surface area (Å²) >= 11 is 0. The van der Waals surface area contributed by atoms with Crippen LogP contribution in [0.4, 0.5) is 0 Å². The van der Waals surface area contributed by atoms with Crippen molar-refractivity contribution in [2.45, 2.75) is 31.7 Å². The lowest BCUT2D eigenvalue weighted by molar-refractivity contribution is -0.139. The van der Waals surface area contributed by atoms with Gasteiger partial charge in [-0.25, -0.2) is 0 Å². The third kappa shape index (κ3) is 3.85. The van der Waals surface area contributed by atoms with Gasteiger partial charge in [0.25, 0.3) is 0 Å². The Morgan fingerprint density at radius 2 is 2.47 bits per heavy atom. The van der Waals surface area contributed by atoms with E-state index in [0.717, 1.165) is 0 Å². The minimum atomic E-state index is -0.495. The van der Waals surface area contributed by atoms with Crippen molar-refractivity contribution in [3.8, 4) is 0 Å². The number of ether oxygens (including phenoxy) is 2. The maximum atomic E-state index is 10.4. The number of aliphatic hydroxyl groups excluding tert-OH is 1. The SMILES string of the molecule is C=C[C@H]1O[C@@H](/C=C/COC(C)=O)C[C@H]1O. The molecule has 15 heavy (non-hydrogen) atoms. The molecule has 1 aliphatic heterocycles. The Hall–Kier alpha value is -1.13. The summed E-state index contributed by atoms with van der Waals surface area (Å²) < 4.78 is 10.2. The van der Waals surface area contributed by atoms with Gasteiger partial charge in [-0.15, -0.1) is 6.58 Å². The van der Waals surface area contributed by atoms with Crippen LogP contribution in [0.15, 0.2) is 24.8 Å². The first-order valence-corrected chi connectivity index (χ1v) is 4.89. The summed E-state index contributed by atoms with van der Waals surface area (Å²) in [6.45, 7) is 5.17. The Balaban J connectivity index is 2.28. The number of rotatable bonds is 4. The zero-order valence-electron chi connectivity index (χ0n) is 8.76. The lowest BCUT2D eigenvalue weighted by Gasteiger charge is -2.07. The van der Waals surface area contributed by atoms with Crippen molar-refractivity contribution in [1.29, 1.82) is 0 Å². The van der Waals surface area contributed by atoms with Crippen LogP contribution in [0.2, 0.25) is 0 Å². The number of esters is 1. The van der Waals surface area contributed by atoms with E-state index in [9.17, 15) is 9.90 Å². The van der Waals surface area contributed by atoms with E-state index in [1.165, 1.54) is 6.92 Å². The van der Waals surface area contributed by atoms with Gasteiger partial charge in [-0.05, 0) is 6.08 Å². The van der Waals surface area contributed by atoms with E-state index in [-0.39, 0.29) is 24.8 Å². The molecular weight excluding hydrogens is 196 g/mol. The average Bonchev–Trinajstić information content (AvgIpc) is 2.53. The van der Waals surface area contributed by atoms with Crippen LogP contribution in [0.3, 0.4) is 0 Å². The first-order chi connectivity index (χ1) is 7.13. The molecule has 0 aliphatic carbocycles. The van der Waals surface area contributed by atoms with Gasteiger partial charge in [0.15, 0.2) is 0 Å². The number of carbonyl (C=O) groups is 1. The van der Waals surface area contributed by atoms with Gasteiger partial charge in [0.1, 0.15) is 12.7 Å². The van der Waals surface area contributed by atoms with Crippen LogP contribution < -0.4 is 0 Å². The third-order valence-electron chi connectivity index (χ3n) is 2.15. The number of aliphatic hydroxyl groups is 1. The molecule has 1 rings (SSSR count). The normalized spacial score (nSPS) is 30.7. The van der Waals surface area contributed by atoms with Crippen LogP contribution >= 0.6 is 0 Å². The summed E-state index contributed by atoms with van der Waals surface area (Å²) in [6.07, 6.45) is 4.72. The number of hydrogen-bond donors (Lipinski definition) is 1. The number of hydrogen-bond acceptors (Lipinski definition) is 4. The highest BCUT2D eigenvalue weighted by molar-refractivity contribution is 5.65. The standard InChI is InChI=1S/C11H16O4/c1-3-11-10(13)7-9(15-11)5-4-6-14-8(2)12/h3-5,9-11,13H,1,6-7H2,2H3/b5-4+/t9-,10+,11+/m0/s1. The summed E-state index contributed by atoms with van der Waals surface area (Å²) in [4.78, 5) is 10.4. The van der Waals surface area contributed by atoms with Crippen molar-refractivity contribution in [3.63, 3.8) is 0 Å². The molecular formula is C11H16O4. The highest BCUT2D eigenvalue weighted by atomic mass is 16.5. The van der Waals surface area contributed by atoms with Crippen LogP contribution in [0.1, 0.15) is 13.3 Å². The average molecular weight is 212 g/mol. The first-order valence-electron chi connectivity index (χ1n) is 4.89. The van der Waals surface area contributed by atoms with E-state index >= 15 is 0 Å². The molecule has 0 saturated carbocycles. The molecule has 1 fully saturated rings. The second-order valence-electron chi connectivity index (χ2n) is 3.41. The maximum Gasteiger partial charge on any atom is 0.302 e. The summed E-state index contributed by atoms with van der Waals surface area (Å²) in [6, 6.07) is 0. The fourth-order valence-electron chi connectivity index (χ4n) is 1.43. The van der Waals surface area contributed by atoms with Crippen molar-refractivity contribution in [3.05, 3.63) is 24.8 Å². The summed E-state index contributed by atoms with van der Waals surface area (Å²) in [7, 11) is 0. The Morgan fingerprint density at radius 1 is 1.73 bits per heavy atom. The van der Waals surface area contributed by atoms with Crippen molar-refractivity contribution in [1.82, 2.24) is 0 Å². The highest BCUT2D eigenvalue weighted by Gasteiger charge is 2.29. The third-order valence-corrected chi connectivity index (χ3v) is 2.15. The quantitative estimate of drug-likeness (QED) is 0.553. The van der Waals surface area contributed by atoms with Crippen molar-refractivity contribution >= 4 is 5.97 Å². The summed E-state index contributed by atoms with van der Waals surface area (Å²) in [5, 5.41) is 9.49. The van der Waals surface area contributed by atoms with E-state index in [1.54, 1.807) is 18.2 Å². The van der Waals surface area contributed by atoms with Crippen LogP contribution in [-0.2, 0) is 14.3 Å². The van der Waals surface area contributed by atoms with E-state index in [2.05, 4.69) is 6.58 Å². The molecule has 1 heterocycles. The smallest absolute Gasteiger partial charge is 0.302 e. The maximum absolute atomic E-state index is 10.4. The highest BCUT2D eigenvalue weighted by Crippen LogP contribution is 2.21. The molecule has 1 saturated heterocycles. The Bertz CT molecular complexity index is 259. The largest absolute Gasteiger partial charge is 0.462 e. The predicted octanol–water partition coefficient (Wildman–Crippen LogP) is 0.810. The molecule has 4 heteroatoms. The first kappa shape index (κ1) is 11.9. The molecule has 1 aliphatic rings. The van der Waals surface area contributed by atoms with E-state index in [1.807, 2.05) is 0 Å². The molecule has 0 radical (unpaired) electrons. The van der Waals surface area contributed by atoms with Gasteiger partial charge in [0.2, 0.25) is 0 Å². The zero-order chi connectivity index (χ0) is 11.3. The van der Waals surface area contributed by atoms with Crippen LogP contribution in [0.25, 0.3) is 0 Å². The molecule has 84 valence electrons. The second-order valence-corrected chi connectivity index (χ2v) is 3.41. The predicted molar refractivity (Wildman–Crippen MR) is 55.3 cm³/mol. The lowest BCUT2D eigenvalue weighted by Crippen LogP contribution is -2.17. The van der Waals surface area contributed by atoms with Crippen molar-refractivity contribution in [2.75, 3.05) is 6.61 Å². The van der Waals surface area contributed by atoms with Gasteiger partial charge >= 0.3 is 5.97 Å². The molecule has 0 spiro atoms. The van der Waals surface area contributed by atoms with Gasteiger partial charge in [-0.2, -0.15) is 0 Å². The second kappa shape index (κ2) is 5.68. The van der Waals surface area contributed by atoms with Crippen molar-refractivity contribution < 1.29 is 19.4 Å². The van der Waals surface area contributed by atoms with E-state index < -0.39 is 6.10 Å². The Labute approximate surface area is 89.2 Å². The number of carbonyl (C=O) groups excluding carboxylic acids is 1. The topological polar surface area (TPSA) is 55.8 Å². The van der Waals surface area contributed by atoms with Gasteiger partial charge in [0.05, 0.1) is 12.2 Å². The van der Waals surface area contributed by atoms with Crippen LogP contribution in [0, 0.1) is 0 Å². The molecule has 0 aromatic carbocycles. The molecule has 0 aromatic rings. The Morgan fingerprint density at radius 3 is 3.00 bits per heavy atom. The fraction of sp³-hybridized carbons (Fsp3) is 0.545.